The summed E-state index contributed by atoms with van der Waals surface area (Å²) in [6.45, 7) is 6.06. The minimum absolute atomic E-state index is 0.0914. The normalized spacial score (nSPS) is 10.1. The van der Waals surface area contributed by atoms with E-state index in [2.05, 4.69) is 5.69 Å². The van der Waals surface area contributed by atoms with E-state index in [4.69, 9.17) is 16.9 Å². The fourth-order valence-electron chi connectivity index (χ4n) is 1.55. The van der Waals surface area contributed by atoms with E-state index in [1.54, 1.807) is 24.3 Å². The van der Waals surface area contributed by atoms with Gasteiger partial charge in [-0.1, -0.05) is 73.7 Å². The molecular formula is C18H20ClNOSi. The van der Waals surface area contributed by atoms with Crippen molar-refractivity contribution in [3.63, 3.8) is 0 Å². The molecular weight excluding hydrogens is 310 g/mol. The number of hydrogen-bond acceptors (Lipinski definition) is 2. The summed E-state index contributed by atoms with van der Waals surface area (Å²) < 4.78 is 0. The molecule has 2 aromatic rings. The summed E-state index contributed by atoms with van der Waals surface area (Å²) in [5, 5.41) is 8.81. The molecule has 0 bridgehead atoms. The Morgan fingerprint density at radius 1 is 1.09 bits per heavy atom. The molecule has 22 heavy (non-hydrogen) atoms. The van der Waals surface area contributed by atoms with Gasteiger partial charge in [0.2, 0.25) is 0 Å². The summed E-state index contributed by atoms with van der Waals surface area (Å²) in [6, 6.07) is 16.7. The van der Waals surface area contributed by atoms with E-state index in [-0.39, 0.29) is 5.78 Å². The molecule has 0 N–H and O–H groups in total. The first-order valence-electron chi connectivity index (χ1n) is 7.06. The molecule has 0 radical (unpaired) electrons. The minimum Gasteiger partial charge on any atom is -0.294 e. The van der Waals surface area contributed by atoms with Gasteiger partial charge in [-0.3, -0.25) is 4.79 Å². The number of rotatable bonds is 3. The number of Topliss-reactive ketones (excluding diaryl/α,β-unsaturated/α-hetero) is 1. The zero-order valence-corrected chi connectivity index (χ0v) is 14.9. The minimum atomic E-state index is -1.33. The summed E-state index contributed by atoms with van der Waals surface area (Å²) in [4.78, 5) is 11.9. The standard InChI is InChI=1S/C14H11ClO.C4H9NSi/c15-13-8-4-7-12(10-13)14(16)9-11-5-2-1-3-6-11;1-6(2,3)4-5/h1-8,10H,9H2;1-3H3. The van der Waals surface area contributed by atoms with E-state index >= 15 is 0 Å². The monoisotopic (exact) mass is 329 g/mol. The summed E-state index contributed by atoms with van der Waals surface area (Å²) in [6.07, 6.45) is 0.418. The molecule has 0 atom stereocenters. The molecule has 0 spiro atoms. The largest absolute Gasteiger partial charge is 0.294 e. The number of nitrogens with zero attached hydrogens (tertiary/aromatic N) is 1. The number of carbonyl (C=O) groups is 1. The second-order valence-electron chi connectivity index (χ2n) is 5.96. The Balaban J connectivity index is 0.000000346. The molecule has 2 nitrogen and oxygen atoms in total. The van der Waals surface area contributed by atoms with Crippen LogP contribution in [-0.2, 0) is 6.42 Å². The van der Waals surface area contributed by atoms with Crippen molar-refractivity contribution in [3.8, 4) is 5.69 Å². The third kappa shape index (κ3) is 7.21. The Morgan fingerprint density at radius 2 is 1.68 bits per heavy atom. The number of carbonyl (C=O) groups excluding carboxylic acids is 1. The molecule has 0 amide bonds. The number of benzene rings is 2. The Hall–Kier alpha value is -1.89. The molecule has 0 unspecified atom stereocenters. The van der Waals surface area contributed by atoms with Crippen LogP contribution in [0, 0.1) is 11.0 Å². The lowest BCUT2D eigenvalue weighted by Gasteiger charge is -2.01. The van der Waals surface area contributed by atoms with Crippen molar-refractivity contribution >= 4 is 25.5 Å². The van der Waals surface area contributed by atoms with Crippen LogP contribution in [0.2, 0.25) is 24.7 Å². The predicted molar refractivity (Wildman–Crippen MR) is 94.9 cm³/mol. The van der Waals surface area contributed by atoms with Crippen molar-refractivity contribution in [3.05, 3.63) is 70.7 Å². The van der Waals surface area contributed by atoms with Crippen molar-refractivity contribution in [2.75, 3.05) is 0 Å². The first kappa shape index (κ1) is 18.2. The lowest BCUT2D eigenvalue weighted by Crippen LogP contribution is -2.15. The zero-order valence-electron chi connectivity index (χ0n) is 13.1. The third-order valence-corrected chi connectivity index (χ3v) is 3.60. The maximum atomic E-state index is 11.9. The lowest BCUT2D eigenvalue weighted by molar-refractivity contribution is 0.0993. The highest BCUT2D eigenvalue weighted by atomic mass is 35.5. The van der Waals surface area contributed by atoms with Crippen LogP contribution in [0.3, 0.4) is 0 Å². The second-order valence-corrected chi connectivity index (χ2v) is 11.1. The van der Waals surface area contributed by atoms with Crippen LogP contribution < -0.4 is 0 Å². The average Bonchev–Trinajstić information content (AvgIpc) is 2.48. The summed E-state index contributed by atoms with van der Waals surface area (Å²) in [5.41, 5.74) is 3.93. The van der Waals surface area contributed by atoms with E-state index in [1.807, 2.05) is 50.0 Å². The van der Waals surface area contributed by atoms with Crippen molar-refractivity contribution in [1.82, 2.24) is 0 Å². The molecule has 0 aliphatic rings. The first-order chi connectivity index (χ1) is 10.3. The summed E-state index contributed by atoms with van der Waals surface area (Å²) in [5.74, 6) is 0.0914. The van der Waals surface area contributed by atoms with Crippen LogP contribution in [-0.4, -0.2) is 13.9 Å². The van der Waals surface area contributed by atoms with E-state index in [0.717, 1.165) is 5.56 Å². The number of ketones is 1. The molecule has 114 valence electrons. The first-order valence-corrected chi connectivity index (χ1v) is 10.9. The SMILES string of the molecule is C[Si](C)(C)C#N.O=C(Cc1ccccc1)c1cccc(Cl)c1. The van der Waals surface area contributed by atoms with E-state index < -0.39 is 8.07 Å². The van der Waals surface area contributed by atoms with Crippen molar-refractivity contribution in [1.29, 1.82) is 5.26 Å². The van der Waals surface area contributed by atoms with Crippen LogP contribution in [0.15, 0.2) is 54.6 Å². The van der Waals surface area contributed by atoms with Crippen LogP contribution in [0.4, 0.5) is 0 Å². The van der Waals surface area contributed by atoms with Gasteiger partial charge in [0, 0.05) is 22.7 Å². The van der Waals surface area contributed by atoms with Gasteiger partial charge >= 0.3 is 0 Å². The zero-order chi connectivity index (χ0) is 16.6. The van der Waals surface area contributed by atoms with Gasteiger partial charge in [-0.25, -0.2) is 5.26 Å². The smallest absolute Gasteiger partial charge is 0.167 e. The highest BCUT2D eigenvalue weighted by molar-refractivity contribution is 6.83. The van der Waals surface area contributed by atoms with E-state index in [1.165, 1.54) is 0 Å². The quantitative estimate of drug-likeness (QED) is 0.577. The molecule has 0 saturated heterocycles. The van der Waals surface area contributed by atoms with E-state index in [0.29, 0.717) is 17.0 Å². The van der Waals surface area contributed by atoms with E-state index in [9.17, 15) is 4.79 Å². The molecule has 0 aromatic heterocycles. The topological polar surface area (TPSA) is 40.9 Å². The van der Waals surface area contributed by atoms with Crippen LogP contribution >= 0.6 is 11.6 Å². The van der Waals surface area contributed by atoms with Gasteiger partial charge < -0.3 is 0 Å². The third-order valence-electron chi connectivity index (χ3n) is 2.69. The molecule has 4 heteroatoms. The highest BCUT2D eigenvalue weighted by Gasteiger charge is 2.09. The van der Waals surface area contributed by atoms with Gasteiger partial charge in [0.1, 0.15) is 0 Å². The maximum absolute atomic E-state index is 11.9. The lowest BCUT2D eigenvalue weighted by atomic mass is 10.0. The van der Waals surface area contributed by atoms with Crippen molar-refractivity contribution < 1.29 is 4.79 Å². The van der Waals surface area contributed by atoms with Crippen LogP contribution in [0.1, 0.15) is 15.9 Å². The Kier molecular flexibility index (Phi) is 7.04. The van der Waals surface area contributed by atoms with Gasteiger partial charge in [-0.15, -0.1) is 0 Å². The maximum Gasteiger partial charge on any atom is 0.167 e. The molecule has 0 aliphatic heterocycles. The Morgan fingerprint density at radius 3 is 2.18 bits per heavy atom. The molecule has 0 aliphatic carbocycles. The van der Waals surface area contributed by atoms with Crippen LogP contribution in [0.5, 0.6) is 0 Å². The fraction of sp³-hybridized carbons (Fsp3) is 0.222. The fourth-order valence-corrected chi connectivity index (χ4v) is 1.74. The van der Waals surface area contributed by atoms with Crippen molar-refractivity contribution in [2.24, 2.45) is 0 Å². The molecule has 2 rings (SSSR count). The summed E-state index contributed by atoms with van der Waals surface area (Å²) >= 11 is 5.84. The highest BCUT2D eigenvalue weighted by Crippen LogP contribution is 2.13. The average molecular weight is 330 g/mol. The molecule has 0 heterocycles. The predicted octanol–water partition coefficient (Wildman–Crippen LogP) is 5.15. The van der Waals surface area contributed by atoms with Gasteiger partial charge in [0.25, 0.3) is 0 Å². The molecule has 2 aromatic carbocycles. The Labute approximate surface area is 138 Å². The number of nitriles is 1. The molecule has 0 fully saturated rings. The van der Waals surface area contributed by atoms with Crippen LogP contribution in [0.25, 0.3) is 0 Å². The Bertz CT molecular complexity index is 657. The number of halogens is 1. The van der Waals surface area contributed by atoms with Gasteiger partial charge in [-0.2, -0.15) is 0 Å². The molecule has 0 saturated carbocycles. The number of hydrogen-bond donors (Lipinski definition) is 0. The summed E-state index contributed by atoms with van der Waals surface area (Å²) in [7, 11) is -1.33. The second kappa shape index (κ2) is 8.53. The van der Waals surface area contributed by atoms with Gasteiger partial charge in [0.15, 0.2) is 13.9 Å². The van der Waals surface area contributed by atoms with Gasteiger partial charge in [-0.05, 0) is 17.7 Å². The van der Waals surface area contributed by atoms with Crippen molar-refractivity contribution in [2.45, 2.75) is 26.1 Å². The van der Waals surface area contributed by atoms with Gasteiger partial charge in [0.05, 0.1) is 0 Å².